The fraction of sp³-hybridized carbons (Fsp3) is 0.250. The van der Waals surface area contributed by atoms with Crippen molar-refractivity contribution in [1.82, 2.24) is 15.4 Å². The van der Waals surface area contributed by atoms with Crippen molar-refractivity contribution < 1.29 is 4.79 Å². The van der Waals surface area contributed by atoms with E-state index in [-0.39, 0.29) is 11.7 Å². The summed E-state index contributed by atoms with van der Waals surface area (Å²) in [5, 5.41) is 4.55. The SMILES string of the molecule is Cc1ccc(/C=N/NC(=O)CSc2nc(C)cc(C)n2)cc1. The maximum absolute atomic E-state index is 11.7. The summed E-state index contributed by atoms with van der Waals surface area (Å²) in [6, 6.07) is 9.79. The molecular weight excluding hydrogens is 296 g/mol. The highest BCUT2D eigenvalue weighted by Gasteiger charge is 2.05. The standard InChI is InChI=1S/C16H18N4OS/c1-11-4-6-14(7-5-11)9-17-20-15(21)10-22-16-18-12(2)8-13(3)19-16/h4-9H,10H2,1-3H3,(H,20,21)/b17-9+. The monoisotopic (exact) mass is 314 g/mol. The van der Waals surface area contributed by atoms with Crippen molar-refractivity contribution in [3.63, 3.8) is 0 Å². The first-order valence-electron chi connectivity index (χ1n) is 6.86. The van der Waals surface area contributed by atoms with Crippen molar-refractivity contribution in [3.05, 3.63) is 52.8 Å². The van der Waals surface area contributed by atoms with Crippen LogP contribution in [0.1, 0.15) is 22.5 Å². The van der Waals surface area contributed by atoms with Gasteiger partial charge in [-0.3, -0.25) is 4.79 Å². The Hall–Kier alpha value is -2.21. The number of nitrogens with one attached hydrogen (secondary N) is 1. The molecule has 5 nitrogen and oxygen atoms in total. The van der Waals surface area contributed by atoms with Crippen LogP contribution >= 0.6 is 11.8 Å². The third-order valence-electron chi connectivity index (χ3n) is 2.77. The van der Waals surface area contributed by atoms with Gasteiger partial charge in [0, 0.05) is 11.4 Å². The number of hydrazone groups is 1. The van der Waals surface area contributed by atoms with E-state index in [2.05, 4.69) is 20.5 Å². The summed E-state index contributed by atoms with van der Waals surface area (Å²) in [6.45, 7) is 5.84. The molecule has 1 N–H and O–H groups in total. The number of carbonyl (C=O) groups excluding carboxylic acids is 1. The highest BCUT2D eigenvalue weighted by Crippen LogP contribution is 2.13. The number of amides is 1. The third kappa shape index (κ3) is 5.29. The zero-order chi connectivity index (χ0) is 15.9. The van der Waals surface area contributed by atoms with Crippen LogP contribution in [0.5, 0.6) is 0 Å². The third-order valence-corrected chi connectivity index (χ3v) is 3.62. The molecule has 1 aromatic carbocycles. The smallest absolute Gasteiger partial charge is 0.250 e. The highest BCUT2D eigenvalue weighted by atomic mass is 32.2. The minimum absolute atomic E-state index is 0.184. The van der Waals surface area contributed by atoms with E-state index in [0.717, 1.165) is 17.0 Å². The number of aryl methyl sites for hydroxylation is 3. The molecule has 0 spiro atoms. The number of hydrogen-bond acceptors (Lipinski definition) is 5. The normalized spacial score (nSPS) is 10.9. The number of rotatable bonds is 5. The Kier molecular flexibility index (Phi) is 5.66. The first-order valence-corrected chi connectivity index (χ1v) is 7.85. The summed E-state index contributed by atoms with van der Waals surface area (Å²) in [5.41, 5.74) is 6.42. The van der Waals surface area contributed by atoms with Crippen LogP contribution in [0.4, 0.5) is 0 Å². The second-order valence-electron chi connectivity index (χ2n) is 4.93. The zero-order valence-electron chi connectivity index (χ0n) is 12.8. The molecule has 1 amide bonds. The lowest BCUT2D eigenvalue weighted by molar-refractivity contribution is -0.118. The summed E-state index contributed by atoms with van der Waals surface area (Å²) in [6.07, 6.45) is 1.62. The summed E-state index contributed by atoms with van der Waals surface area (Å²) in [5.74, 6) is 0.0461. The number of carbonyl (C=O) groups is 1. The quantitative estimate of drug-likeness (QED) is 0.399. The molecule has 0 saturated heterocycles. The summed E-state index contributed by atoms with van der Waals surface area (Å²) < 4.78 is 0. The molecule has 0 aliphatic carbocycles. The minimum atomic E-state index is -0.184. The molecule has 0 fully saturated rings. The van der Waals surface area contributed by atoms with Gasteiger partial charge in [0.05, 0.1) is 12.0 Å². The molecule has 0 aliphatic rings. The molecule has 2 rings (SSSR count). The van der Waals surface area contributed by atoms with Crippen molar-refractivity contribution in [2.24, 2.45) is 5.10 Å². The molecule has 0 aliphatic heterocycles. The zero-order valence-corrected chi connectivity index (χ0v) is 13.6. The van der Waals surface area contributed by atoms with E-state index in [4.69, 9.17) is 0 Å². The van der Waals surface area contributed by atoms with Crippen LogP contribution < -0.4 is 5.43 Å². The predicted octanol–water partition coefficient (Wildman–Crippen LogP) is 2.64. The highest BCUT2D eigenvalue weighted by molar-refractivity contribution is 7.99. The van der Waals surface area contributed by atoms with Gasteiger partial charge < -0.3 is 0 Å². The molecule has 6 heteroatoms. The molecule has 0 atom stereocenters. The Morgan fingerprint density at radius 2 is 1.82 bits per heavy atom. The lowest BCUT2D eigenvalue weighted by Gasteiger charge is -2.02. The molecule has 0 unspecified atom stereocenters. The van der Waals surface area contributed by atoms with Gasteiger partial charge in [0.2, 0.25) is 0 Å². The van der Waals surface area contributed by atoms with Crippen LogP contribution in [-0.4, -0.2) is 27.8 Å². The van der Waals surface area contributed by atoms with Crippen LogP contribution in [0.15, 0.2) is 40.6 Å². The van der Waals surface area contributed by atoms with Crippen LogP contribution in [-0.2, 0) is 4.79 Å². The number of benzene rings is 1. The number of aromatic nitrogens is 2. The number of nitrogens with zero attached hydrogens (tertiary/aromatic N) is 3. The van der Waals surface area contributed by atoms with E-state index < -0.39 is 0 Å². The van der Waals surface area contributed by atoms with Crippen LogP contribution in [0.25, 0.3) is 0 Å². The summed E-state index contributed by atoms with van der Waals surface area (Å²) in [7, 11) is 0. The molecule has 0 saturated carbocycles. The second-order valence-corrected chi connectivity index (χ2v) is 5.87. The molecule has 22 heavy (non-hydrogen) atoms. The van der Waals surface area contributed by atoms with Crippen molar-refractivity contribution in [2.45, 2.75) is 25.9 Å². The lowest BCUT2D eigenvalue weighted by atomic mass is 10.2. The van der Waals surface area contributed by atoms with Gasteiger partial charge in [0.15, 0.2) is 5.16 Å². The Balaban J connectivity index is 1.81. The van der Waals surface area contributed by atoms with Gasteiger partial charge >= 0.3 is 0 Å². The Morgan fingerprint density at radius 3 is 2.45 bits per heavy atom. The number of hydrogen-bond donors (Lipinski definition) is 1. The van der Waals surface area contributed by atoms with Crippen molar-refractivity contribution >= 4 is 23.9 Å². The average molecular weight is 314 g/mol. The molecule has 1 aromatic heterocycles. The topological polar surface area (TPSA) is 67.2 Å². The average Bonchev–Trinajstić information content (AvgIpc) is 2.46. The van der Waals surface area contributed by atoms with Crippen LogP contribution in [0.3, 0.4) is 0 Å². The van der Waals surface area contributed by atoms with Gasteiger partial charge in [-0.25, -0.2) is 15.4 Å². The van der Waals surface area contributed by atoms with E-state index >= 15 is 0 Å². The fourth-order valence-electron chi connectivity index (χ4n) is 1.75. The summed E-state index contributed by atoms with van der Waals surface area (Å²) in [4.78, 5) is 20.3. The maximum Gasteiger partial charge on any atom is 0.250 e. The molecular formula is C16H18N4OS. The Bertz CT molecular complexity index is 663. The predicted molar refractivity (Wildman–Crippen MR) is 89.1 cm³/mol. The van der Waals surface area contributed by atoms with Crippen LogP contribution in [0, 0.1) is 20.8 Å². The van der Waals surface area contributed by atoms with Crippen molar-refractivity contribution in [1.29, 1.82) is 0 Å². The molecule has 0 radical (unpaired) electrons. The van der Waals surface area contributed by atoms with Gasteiger partial charge in [-0.05, 0) is 32.4 Å². The largest absolute Gasteiger partial charge is 0.272 e. The van der Waals surface area contributed by atoms with E-state index in [1.807, 2.05) is 51.1 Å². The Labute approximate surface area is 134 Å². The van der Waals surface area contributed by atoms with Gasteiger partial charge in [0.1, 0.15) is 0 Å². The van der Waals surface area contributed by atoms with Crippen molar-refractivity contribution in [3.8, 4) is 0 Å². The molecule has 0 bridgehead atoms. The van der Waals surface area contributed by atoms with Gasteiger partial charge in [0.25, 0.3) is 5.91 Å². The molecule has 2 aromatic rings. The first kappa shape index (κ1) is 16.2. The number of thioether (sulfide) groups is 1. The molecule has 1 heterocycles. The second kappa shape index (κ2) is 7.70. The molecule has 114 valence electrons. The van der Waals surface area contributed by atoms with E-state index in [1.54, 1.807) is 6.21 Å². The lowest BCUT2D eigenvalue weighted by Crippen LogP contribution is -2.19. The van der Waals surface area contributed by atoms with E-state index in [1.165, 1.54) is 17.3 Å². The van der Waals surface area contributed by atoms with Gasteiger partial charge in [-0.2, -0.15) is 5.10 Å². The van der Waals surface area contributed by atoms with Gasteiger partial charge in [-0.1, -0.05) is 41.6 Å². The Morgan fingerprint density at radius 1 is 1.18 bits per heavy atom. The van der Waals surface area contributed by atoms with Crippen LogP contribution in [0.2, 0.25) is 0 Å². The van der Waals surface area contributed by atoms with E-state index in [9.17, 15) is 4.79 Å². The minimum Gasteiger partial charge on any atom is -0.272 e. The first-order chi connectivity index (χ1) is 10.5. The fourth-order valence-corrected chi connectivity index (χ4v) is 2.49. The maximum atomic E-state index is 11.7. The van der Waals surface area contributed by atoms with E-state index in [0.29, 0.717) is 5.16 Å². The van der Waals surface area contributed by atoms with Gasteiger partial charge in [-0.15, -0.1) is 0 Å². The summed E-state index contributed by atoms with van der Waals surface area (Å²) >= 11 is 1.30. The van der Waals surface area contributed by atoms with Crippen molar-refractivity contribution in [2.75, 3.05) is 5.75 Å².